The first kappa shape index (κ1) is 13.8. The van der Waals surface area contributed by atoms with Crippen LogP contribution in [0, 0.1) is 6.42 Å². The molecule has 0 saturated heterocycles. The first-order valence-electron chi connectivity index (χ1n) is 3.64. The maximum atomic E-state index is 5.81. The second-order valence-electron chi connectivity index (χ2n) is 2.63. The van der Waals surface area contributed by atoms with E-state index in [0.29, 0.717) is 5.17 Å². The van der Waals surface area contributed by atoms with Crippen LogP contribution in [0.3, 0.4) is 0 Å². The number of halogens is 2. The third kappa shape index (κ3) is 2.66. The fourth-order valence-electron chi connectivity index (χ4n) is 1.14. The maximum Gasteiger partial charge on any atom is 0.132 e. The van der Waals surface area contributed by atoms with Crippen molar-refractivity contribution in [1.29, 1.82) is 0 Å². The SMILES string of the molecule is C=C1[CH]c2ccccc2N=C1Cl.[Cl-].[Zn]. The van der Waals surface area contributed by atoms with Crippen molar-refractivity contribution in [3.05, 3.63) is 48.4 Å². The summed E-state index contributed by atoms with van der Waals surface area (Å²) in [7, 11) is 0. The van der Waals surface area contributed by atoms with Gasteiger partial charge in [0.1, 0.15) is 5.17 Å². The van der Waals surface area contributed by atoms with Crippen molar-refractivity contribution >= 4 is 22.5 Å². The van der Waals surface area contributed by atoms with E-state index in [1.807, 2.05) is 30.7 Å². The van der Waals surface area contributed by atoms with E-state index in [-0.39, 0.29) is 31.9 Å². The summed E-state index contributed by atoms with van der Waals surface area (Å²) in [6, 6.07) is 7.83. The summed E-state index contributed by atoms with van der Waals surface area (Å²) >= 11 is 5.81. The standard InChI is InChI=1S/C10H7ClN.ClH.Zn/c1-7-6-8-4-2-3-5-9(8)12-10(7)11;;/h2-6H,1H2;1H;/p-1. The van der Waals surface area contributed by atoms with Crippen LogP contribution in [0.25, 0.3) is 0 Å². The Bertz CT molecular complexity index is 374. The fourth-order valence-corrected chi connectivity index (χ4v) is 1.28. The number of para-hydroxylation sites is 1. The van der Waals surface area contributed by atoms with E-state index in [1.54, 1.807) is 0 Å². The number of aliphatic imine (C=N–C) groups is 1. The van der Waals surface area contributed by atoms with E-state index in [1.165, 1.54) is 0 Å². The van der Waals surface area contributed by atoms with E-state index in [0.717, 1.165) is 16.8 Å². The molecule has 0 saturated carbocycles. The molecule has 0 fully saturated rings. The molecule has 0 aliphatic carbocycles. The molecule has 0 bridgehead atoms. The monoisotopic (exact) mass is 275 g/mol. The van der Waals surface area contributed by atoms with Gasteiger partial charge in [0.25, 0.3) is 0 Å². The molecule has 69 valence electrons. The third-order valence-electron chi connectivity index (χ3n) is 1.75. The summed E-state index contributed by atoms with van der Waals surface area (Å²) in [6.07, 6.45) is 1.94. The number of hydrogen-bond acceptors (Lipinski definition) is 1. The van der Waals surface area contributed by atoms with Crippen molar-refractivity contribution in [1.82, 2.24) is 0 Å². The molecular weight excluding hydrogens is 270 g/mol. The maximum absolute atomic E-state index is 5.81. The second-order valence-corrected chi connectivity index (χ2v) is 2.99. The Morgan fingerprint density at radius 2 is 1.86 bits per heavy atom. The fraction of sp³-hybridized carbons (Fsp3) is 0. The van der Waals surface area contributed by atoms with Gasteiger partial charge in [-0.25, -0.2) is 4.99 Å². The molecule has 1 heterocycles. The van der Waals surface area contributed by atoms with Crippen molar-refractivity contribution in [3.8, 4) is 0 Å². The van der Waals surface area contributed by atoms with E-state index >= 15 is 0 Å². The third-order valence-corrected chi connectivity index (χ3v) is 2.08. The van der Waals surface area contributed by atoms with Gasteiger partial charge in [-0.2, -0.15) is 0 Å². The minimum Gasteiger partial charge on any atom is -1.00 e. The van der Waals surface area contributed by atoms with Gasteiger partial charge in [-0.1, -0.05) is 36.4 Å². The summed E-state index contributed by atoms with van der Waals surface area (Å²) in [4.78, 5) is 4.18. The van der Waals surface area contributed by atoms with Gasteiger partial charge in [0.15, 0.2) is 0 Å². The summed E-state index contributed by atoms with van der Waals surface area (Å²) in [5.41, 5.74) is 2.76. The number of hydrogen-bond donors (Lipinski definition) is 0. The zero-order valence-corrected chi connectivity index (χ0v) is 12.0. The molecule has 1 aliphatic rings. The molecule has 0 N–H and O–H groups in total. The minimum atomic E-state index is 0. The van der Waals surface area contributed by atoms with Crippen molar-refractivity contribution < 1.29 is 31.9 Å². The molecule has 1 aromatic rings. The number of fused-ring (bicyclic) bond motifs is 1. The van der Waals surface area contributed by atoms with Crippen LogP contribution in [-0.2, 0) is 19.5 Å². The van der Waals surface area contributed by atoms with Crippen molar-refractivity contribution in [2.24, 2.45) is 4.99 Å². The zero-order chi connectivity index (χ0) is 8.55. The average molecular weight is 277 g/mol. The number of nitrogens with zero attached hydrogens (tertiary/aromatic N) is 1. The van der Waals surface area contributed by atoms with Gasteiger partial charge in [-0.3, -0.25) is 0 Å². The molecule has 1 radical (unpaired) electrons. The van der Waals surface area contributed by atoms with Crippen LogP contribution >= 0.6 is 11.6 Å². The number of allylic oxidation sites excluding steroid dienone is 1. The first-order chi connectivity index (χ1) is 5.77. The zero-order valence-electron chi connectivity index (χ0n) is 7.50. The molecule has 1 nitrogen and oxygen atoms in total. The molecule has 0 unspecified atom stereocenters. The van der Waals surface area contributed by atoms with Gasteiger partial charge in [-0.05, 0) is 17.2 Å². The van der Waals surface area contributed by atoms with Gasteiger partial charge in [0.2, 0.25) is 0 Å². The Morgan fingerprint density at radius 1 is 1.21 bits per heavy atom. The Labute approximate surface area is 107 Å². The van der Waals surface area contributed by atoms with Crippen molar-refractivity contribution in [3.63, 3.8) is 0 Å². The van der Waals surface area contributed by atoms with Crippen LogP contribution in [0.1, 0.15) is 5.56 Å². The normalized spacial score (nSPS) is 13.2. The van der Waals surface area contributed by atoms with Gasteiger partial charge in [-0.15, -0.1) is 0 Å². The van der Waals surface area contributed by atoms with Crippen LogP contribution in [0.2, 0.25) is 0 Å². The quantitative estimate of drug-likeness (QED) is 0.596. The molecule has 14 heavy (non-hydrogen) atoms. The largest absolute Gasteiger partial charge is 1.00 e. The van der Waals surface area contributed by atoms with Crippen molar-refractivity contribution in [2.75, 3.05) is 0 Å². The van der Waals surface area contributed by atoms with Crippen LogP contribution in [-0.4, -0.2) is 5.17 Å². The van der Waals surface area contributed by atoms with Crippen LogP contribution in [0.4, 0.5) is 5.69 Å². The predicted octanol–water partition coefficient (Wildman–Crippen LogP) is 0.0791. The smallest absolute Gasteiger partial charge is 0.132 e. The van der Waals surface area contributed by atoms with Crippen LogP contribution in [0.5, 0.6) is 0 Å². The van der Waals surface area contributed by atoms with Crippen LogP contribution in [0.15, 0.2) is 41.4 Å². The summed E-state index contributed by atoms with van der Waals surface area (Å²) in [5, 5.41) is 0.480. The predicted molar refractivity (Wildman–Crippen MR) is 51.9 cm³/mol. The molecule has 0 atom stereocenters. The molecule has 1 aromatic carbocycles. The molecule has 0 aromatic heterocycles. The van der Waals surface area contributed by atoms with Gasteiger partial charge < -0.3 is 12.4 Å². The second kappa shape index (κ2) is 5.65. The van der Waals surface area contributed by atoms with E-state index in [4.69, 9.17) is 11.6 Å². The van der Waals surface area contributed by atoms with E-state index in [2.05, 4.69) is 11.6 Å². The number of benzene rings is 1. The van der Waals surface area contributed by atoms with Gasteiger partial charge in [0.05, 0.1) is 5.69 Å². The Kier molecular flexibility index (Phi) is 5.58. The Balaban J connectivity index is 0.000000845. The van der Waals surface area contributed by atoms with E-state index in [9.17, 15) is 0 Å². The van der Waals surface area contributed by atoms with Gasteiger partial charge in [0, 0.05) is 25.9 Å². The number of rotatable bonds is 0. The van der Waals surface area contributed by atoms with E-state index < -0.39 is 0 Å². The molecule has 0 spiro atoms. The molecule has 1 aliphatic heterocycles. The minimum absolute atomic E-state index is 0. The molecule has 2 rings (SSSR count). The molecule has 4 heteroatoms. The summed E-state index contributed by atoms with van der Waals surface area (Å²) in [6.45, 7) is 3.78. The Morgan fingerprint density at radius 3 is 2.57 bits per heavy atom. The summed E-state index contributed by atoms with van der Waals surface area (Å²) < 4.78 is 0. The topological polar surface area (TPSA) is 12.4 Å². The van der Waals surface area contributed by atoms with Crippen LogP contribution < -0.4 is 12.4 Å². The van der Waals surface area contributed by atoms with Crippen molar-refractivity contribution in [2.45, 2.75) is 0 Å². The molecule has 0 amide bonds. The average Bonchev–Trinajstić information content (AvgIpc) is 2.07. The Hall–Kier alpha value is -0.167. The molecular formula is C10H7Cl2NZn-. The summed E-state index contributed by atoms with van der Waals surface area (Å²) in [5.74, 6) is 0. The van der Waals surface area contributed by atoms with Gasteiger partial charge >= 0.3 is 0 Å². The first-order valence-corrected chi connectivity index (χ1v) is 4.02.